The summed E-state index contributed by atoms with van der Waals surface area (Å²) in [5.41, 5.74) is -2.53. The van der Waals surface area contributed by atoms with Crippen LogP contribution < -0.4 is 9.80 Å². The smallest absolute Gasteiger partial charge is 0.269 e. The predicted molar refractivity (Wildman–Crippen MR) is 105 cm³/mol. The highest BCUT2D eigenvalue weighted by Gasteiger charge is 2.52. The van der Waals surface area contributed by atoms with Crippen molar-refractivity contribution < 1.29 is 19.4 Å². The fourth-order valence-corrected chi connectivity index (χ4v) is 3.36. The quantitative estimate of drug-likeness (QED) is 0.246. The summed E-state index contributed by atoms with van der Waals surface area (Å²) < 4.78 is 0. The van der Waals surface area contributed by atoms with Crippen molar-refractivity contribution in [3.8, 4) is 0 Å². The minimum atomic E-state index is -1.48. The number of hydrogen-bond acceptors (Lipinski definition) is 6. The number of nitro benzene ring substituents is 2. The van der Waals surface area contributed by atoms with Gasteiger partial charge in [0.05, 0.1) is 9.85 Å². The third-order valence-corrected chi connectivity index (χ3v) is 5.00. The Kier molecular flexibility index (Phi) is 4.97. The molecular weight excluding hydrogens is 404 g/mol. The highest BCUT2D eigenvalue weighted by atomic mass is 35.5. The molecule has 0 spiro atoms. The zero-order chi connectivity index (χ0) is 21.5. The normalized spacial score (nSPS) is 16.8. The lowest BCUT2D eigenvalue weighted by molar-refractivity contribution is -0.385. The van der Waals surface area contributed by atoms with Gasteiger partial charge in [0.15, 0.2) is 5.62 Å². The first-order valence-electron chi connectivity index (χ1n) is 8.36. The van der Waals surface area contributed by atoms with Crippen molar-refractivity contribution in [2.24, 2.45) is 5.41 Å². The highest BCUT2D eigenvalue weighted by molar-refractivity contribution is 6.33. The molecule has 2 aromatic carbocycles. The molecule has 1 heterocycles. The molecule has 11 heteroatoms. The Morgan fingerprint density at radius 1 is 0.793 bits per heavy atom. The molecular formula is C18H15ClN4O6. The number of non-ortho nitro benzene ring substituents is 2. The van der Waals surface area contributed by atoms with Crippen LogP contribution in [0.5, 0.6) is 0 Å². The minimum Gasteiger partial charge on any atom is -0.276 e. The largest absolute Gasteiger partial charge is 0.276 e. The predicted octanol–water partition coefficient (Wildman–Crippen LogP) is 3.43. The molecule has 2 amide bonds. The Balaban J connectivity index is 2.05. The molecule has 2 aromatic rings. The minimum absolute atomic E-state index is 0.160. The molecule has 0 saturated carbocycles. The fourth-order valence-electron chi connectivity index (χ4n) is 2.95. The van der Waals surface area contributed by atoms with Crippen LogP contribution in [0.3, 0.4) is 0 Å². The topological polar surface area (TPSA) is 127 Å². The van der Waals surface area contributed by atoms with E-state index < -0.39 is 32.7 Å². The molecule has 0 aromatic heterocycles. The van der Waals surface area contributed by atoms with Crippen LogP contribution in [-0.4, -0.2) is 27.3 Å². The van der Waals surface area contributed by atoms with Crippen molar-refractivity contribution in [2.75, 3.05) is 9.80 Å². The number of anilines is 2. The summed E-state index contributed by atoms with van der Waals surface area (Å²) in [4.78, 5) is 48.9. The molecule has 1 fully saturated rings. The maximum atomic E-state index is 13.0. The van der Waals surface area contributed by atoms with E-state index in [0.717, 1.165) is 9.80 Å². The van der Waals surface area contributed by atoms with E-state index in [1.807, 2.05) is 0 Å². The molecule has 0 radical (unpaired) electrons. The van der Waals surface area contributed by atoms with Gasteiger partial charge < -0.3 is 0 Å². The molecule has 0 atom stereocenters. The van der Waals surface area contributed by atoms with Gasteiger partial charge in [0.2, 0.25) is 11.8 Å². The van der Waals surface area contributed by atoms with Gasteiger partial charge in [-0.15, -0.1) is 0 Å². The number of nitro groups is 2. The summed E-state index contributed by atoms with van der Waals surface area (Å²) in [5.74, 6) is -1.15. The highest BCUT2D eigenvalue weighted by Crippen LogP contribution is 2.39. The van der Waals surface area contributed by atoms with Crippen LogP contribution >= 0.6 is 11.6 Å². The van der Waals surface area contributed by atoms with Crippen molar-refractivity contribution in [1.29, 1.82) is 0 Å². The summed E-state index contributed by atoms with van der Waals surface area (Å²) in [7, 11) is 0. The average molecular weight is 419 g/mol. The molecule has 10 nitrogen and oxygen atoms in total. The van der Waals surface area contributed by atoms with Gasteiger partial charge in [-0.2, -0.15) is 0 Å². The van der Waals surface area contributed by atoms with Gasteiger partial charge >= 0.3 is 0 Å². The summed E-state index contributed by atoms with van der Waals surface area (Å²) in [6, 6.07) is 10.4. The zero-order valence-electron chi connectivity index (χ0n) is 15.3. The first-order chi connectivity index (χ1) is 13.6. The maximum absolute atomic E-state index is 13.0. The van der Waals surface area contributed by atoms with Gasteiger partial charge in [0.25, 0.3) is 11.4 Å². The molecule has 0 aliphatic carbocycles. The molecule has 0 bridgehead atoms. The van der Waals surface area contributed by atoms with Crippen molar-refractivity contribution >= 4 is 46.2 Å². The second-order valence-electron chi connectivity index (χ2n) is 6.83. The first kappa shape index (κ1) is 20.2. The second kappa shape index (κ2) is 7.13. The number of alkyl halides is 1. The number of rotatable bonds is 4. The summed E-state index contributed by atoms with van der Waals surface area (Å²) >= 11 is 6.48. The third kappa shape index (κ3) is 3.38. The van der Waals surface area contributed by atoms with Gasteiger partial charge in [-0.05, 0) is 38.1 Å². The van der Waals surface area contributed by atoms with Crippen LogP contribution in [0, 0.1) is 25.6 Å². The Bertz CT molecular complexity index is 927. The molecule has 29 heavy (non-hydrogen) atoms. The van der Waals surface area contributed by atoms with Crippen molar-refractivity contribution in [3.05, 3.63) is 68.8 Å². The van der Waals surface area contributed by atoms with E-state index in [1.165, 1.54) is 62.4 Å². The second-order valence-corrected chi connectivity index (χ2v) is 7.22. The number of hydrogen-bond donors (Lipinski definition) is 0. The van der Waals surface area contributed by atoms with E-state index in [1.54, 1.807) is 0 Å². The molecule has 0 N–H and O–H groups in total. The number of amides is 2. The standard InChI is InChI=1S/C18H15ClN4O6/c1-18(2)15(24)20(11-3-7-13(8-4-11)22(26)27)17(19)21(16(18)25)12-5-9-14(10-6-12)23(28)29/h3-10,17H,1-2H3. The van der Waals surface area contributed by atoms with E-state index >= 15 is 0 Å². The van der Waals surface area contributed by atoms with E-state index in [9.17, 15) is 29.8 Å². The number of carbonyl (C=O) groups is 2. The van der Waals surface area contributed by atoms with Crippen LogP contribution in [0.15, 0.2) is 48.5 Å². The van der Waals surface area contributed by atoms with E-state index in [-0.39, 0.29) is 22.7 Å². The lowest BCUT2D eigenvalue weighted by Crippen LogP contribution is -2.65. The monoisotopic (exact) mass is 418 g/mol. The first-order valence-corrected chi connectivity index (χ1v) is 8.79. The van der Waals surface area contributed by atoms with Crippen LogP contribution in [0.4, 0.5) is 22.7 Å². The van der Waals surface area contributed by atoms with Crippen LogP contribution in [0.2, 0.25) is 0 Å². The van der Waals surface area contributed by atoms with Gasteiger partial charge in [-0.1, -0.05) is 11.6 Å². The SMILES string of the molecule is CC1(C)C(=O)N(c2ccc([N+](=O)[O-])cc2)C(Cl)N(c2ccc([N+](=O)[O-])cc2)C1=O. The summed E-state index contributed by atoms with van der Waals surface area (Å²) in [6.07, 6.45) is 0. The van der Waals surface area contributed by atoms with Gasteiger partial charge in [-0.25, -0.2) is 0 Å². The Morgan fingerprint density at radius 2 is 1.10 bits per heavy atom. The lowest BCUT2D eigenvalue weighted by Gasteiger charge is -2.46. The van der Waals surface area contributed by atoms with Crippen LogP contribution in [0.1, 0.15) is 13.8 Å². The molecule has 150 valence electrons. The Hall–Kier alpha value is -3.53. The molecule has 1 aliphatic rings. The van der Waals surface area contributed by atoms with Crippen LogP contribution in [-0.2, 0) is 9.59 Å². The summed E-state index contributed by atoms with van der Waals surface area (Å²) in [6.45, 7) is 2.88. The fraction of sp³-hybridized carbons (Fsp3) is 0.222. The van der Waals surface area contributed by atoms with E-state index in [4.69, 9.17) is 11.6 Å². The molecule has 1 aliphatic heterocycles. The zero-order valence-corrected chi connectivity index (χ0v) is 16.1. The van der Waals surface area contributed by atoms with Gasteiger partial charge in [-0.3, -0.25) is 39.6 Å². The lowest BCUT2D eigenvalue weighted by atomic mass is 9.87. The van der Waals surface area contributed by atoms with Gasteiger partial charge in [0, 0.05) is 35.6 Å². The van der Waals surface area contributed by atoms with Gasteiger partial charge in [0.1, 0.15) is 5.41 Å². The molecule has 3 rings (SSSR count). The number of nitrogens with zero attached hydrogens (tertiary/aromatic N) is 4. The number of benzene rings is 2. The number of carbonyl (C=O) groups excluding carboxylic acids is 2. The Morgan fingerprint density at radius 3 is 1.38 bits per heavy atom. The number of halogens is 1. The third-order valence-electron chi connectivity index (χ3n) is 4.61. The van der Waals surface area contributed by atoms with Crippen molar-refractivity contribution in [1.82, 2.24) is 0 Å². The van der Waals surface area contributed by atoms with Crippen molar-refractivity contribution in [3.63, 3.8) is 0 Å². The Labute approximate surface area is 169 Å². The van der Waals surface area contributed by atoms with Crippen LogP contribution in [0.25, 0.3) is 0 Å². The van der Waals surface area contributed by atoms with E-state index in [2.05, 4.69) is 0 Å². The molecule has 0 unspecified atom stereocenters. The summed E-state index contributed by atoms with van der Waals surface area (Å²) in [5, 5.41) is 21.7. The van der Waals surface area contributed by atoms with E-state index in [0.29, 0.717) is 0 Å². The van der Waals surface area contributed by atoms with Crippen molar-refractivity contribution in [2.45, 2.75) is 19.5 Å². The molecule has 1 saturated heterocycles. The average Bonchev–Trinajstić information content (AvgIpc) is 2.68. The maximum Gasteiger partial charge on any atom is 0.269 e.